The standard InChI is InChI=1S/C25H27F3N2O5/c1-13-14(2)22(29(20(13)31)12-25(26,27)28)34-11-18-17-10-15-8-6-7-9-16(15)19(17)30(21(18)32)23(33)35-24(3,4)5/h6-9,11,17,19,22H,10,12H2,1-5H3. The zero-order chi connectivity index (χ0) is 25.9. The summed E-state index contributed by atoms with van der Waals surface area (Å²) in [5, 5.41) is 0. The average Bonchev–Trinajstić information content (AvgIpc) is 3.29. The Bertz CT molecular complexity index is 1150. The third-order valence-electron chi connectivity index (χ3n) is 6.43. The quantitative estimate of drug-likeness (QED) is 0.454. The Morgan fingerprint density at radius 2 is 1.77 bits per heavy atom. The second-order valence-electron chi connectivity index (χ2n) is 10.0. The Hall–Kier alpha value is -3.30. The number of imide groups is 1. The van der Waals surface area contributed by atoms with Crippen molar-refractivity contribution in [1.82, 2.24) is 9.80 Å². The third-order valence-corrected chi connectivity index (χ3v) is 6.43. The predicted molar refractivity (Wildman–Crippen MR) is 119 cm³/mol. The van der Waals surface area contributed by atoms with E-state index < -0.39 is 54.4 Å². The minimum Gasteiger partial charge on any atom is -0.474 e. The molecule has 3 atom stereocenters. The smallest absolute Gasteiger partial charge is 0.417 e. The van der Waals surface area contributed by atoms with Crippen LogP contribution in [0.5, 0.6) is 0 Å². The summed E-state index contributed by atoms with van der Waals surface area (Å²) < 4.78 is 50.5. The number of amides is 3. The number of ether oxygens (including phenoxy) is 2. The number of fused-ring (bicyclic) bond motifs is 3. The number of carbonyl (C=O) groups is 3. The maximum atomic E-state index is 13.4. The molecular weight excluding hydrogens is 465 g/mol. The number of hydrogen-bond acceptors (Lipinski definition) is 5. The minimum absolute atomic E-state index is 0.147. The topological polar surface area (TPSA) is 76.2 Å². The van der Waals surface area contributed by atoms with Crippen molar-refractivity contribution in [2.75, 3.05) is 6.54 Å². The SMILES string of the molecule is CC1=C(C)C(OC=C2C(=O)N(C(=O)OC(C)(C)C)C3c4ccccc4CC23)N(CC(F)(F)F)C1=O. The molecule has 3 aliphatic rings. The molecule has 0 N–H and O–H groups in total. The number of hydrogen-bond donors (Lipinski definition) is 0. The van der Waals surface area contributed by atoms with Crippen LogP contribution in [0.25, 0.3) is 0 Å². The van der Waals surface area contributed by atoms with Gasteiger partial charge in [0.2, 0.25) is 0 Å². The molecule has 188 valence electrons. The number of alkyl halides is 3. The van der Waals surface area contributed by atoms with Gasteiger partial charge >= 0.3 is 12.3 Å². The van der Waals surface area contributed by atoms with Crippen molar-refractivity contribution in [2.45, 2.75) is 65.1 Å². The monoisotopic (exact) mass is 492 g/mol. The van der Waals surface area contributed by atoms with Gasteiger partial charge in [-0.05, 0) is 57.7 Å². The molecule has 2 heterocycles. The zero-order valence-corrected chi connectivity index (χ0v) is 20.1. The summed E-state index contributed by atoms with van der Waals surface area (Å²) in [4.78, 5) is 40.4. The molecule has 2 aliphatic heterocycles. The van der Waals surface area contributed by atoms with Gasteiger partial charge in [-0.15, -0.1) is 0 Å². The van der Waals surface area contributed by atoms with Gasteiger partial charge in [-0.1, -0.05) is 24.3 Å². The highest BCUT2D eigenvalue weighted by Gasteiger charge is 2.53. The fourth-order valence-electron chi connectivity index (χ4n) is 4.81. The molecule has 7 nitrogen and oxygen atoms in total. The molecule has 35 heavy (non-hydrogen) atoms. The van der Waals surface area contributed by atoms with Gasteiger partial charge in [-0.2, -0.15) is 13.2 Å². The first-order valence-corrected chi connectivity index (χ1v) is 11.2. The van der Waals surface area contributed by atoms with Crippen molar-refractivity contribution in [3.05, 3.63) is 58.4 Å². The minimum atomic E-state index is -4.62. The van der Waals surface area contributed by atoms with Gasteiger partial charge in [-0.3, -0.25) is 14.5 Å². The van der Waals surface area contributed by atoms with E-state index in [1.807, 2.05) is 24.3 Å². The normalized spacial score (nSPS) is 25.5. The predicted octanol–water partition coefficient (Wildman–Crippen LogP) is 4.64. The summed E-state index contributed by atoms with van der Waals surface area (Å²) in [6, 6.07) is 6.80. The summed E-state index contributed by atoms with van der Waals surface area (Å²) in [5.74, 6) is -1.86. The van der Waals surface area contributed by atoms with Crippen LogP contribution < -0.4 is 0 Å². The van der Waals surface area contributed by atoms with Crippen molar-refractivity contribution >= 4 is 17.9 Å². The maximum Gasteiger partial charge on any atom is 0.417 e. The van der Waals surface area contributed by atoms with Gasteiger partial charge in [0.1, 0.15) is 12.1 Å². The molecule has 1 aromatic rings. The van der Waals surface area contributed by atoms with E-state index in [0.29, 0.717) is 16.9 Å². The van der Waals surface area contributed by atoms with Gasteiger partial charge in [0.15, 0.2) is 6.23 Å². The summed E-state index contributed by atoms with van der Waals surface area (Å²) in [6.07, 6.45) is -5.17. The highest BCUT2D eigenvalue weighted by molar-refractivity contribution is 6.06. The first kappa shape index (κ1) is 24.8. The van der Waals surface area contributed by atoms with Crippen molar-refractivity contribution in [3.63, 3.8) is 0 Å². The van der Waals surface area contributed by atoms with E-state index in [9.17, 15) is 27.6 Å². The van der Waals surface area contributed by atoms with E-state index in [4.69, 9.17) is 9.47 Å². The lowest BCUT2D eigenvalue weighted by molar-refractivity contribution is -0.170. The summed E-state index contributed by atoms with van der Waals surface area (Å²) in [7, 11) is 0. The molecule has 0 aromatic heterocycles. The molecule has 0 spiro atoms. The molecule has 1 aromatic carbocycles. The molecule has 10 heteroatoms. The van der Waals surface area contributed by atoms with Gasteiger partial charge in [0, 0.05) is 11.5 Å². The Kier molecular flexibility index (Phi) is 5.97. The van der Waals surface area contributed by atoms with Crippen LogP contribution in [0.15, 0.2) is 47.2 Å². The fraction of sp³-hybridized carbons (Fsp3) is 0.480. The lowest BCUT2D eigenvalue weighted by atomic mass is 9.97. The second kappa shape index (κ2) is 8.42. The summed E-state index contributed by atoms with van der Waals surface area (Å²) in [5.41, 5.74) is 1.57. The summed E-state index contributed by atoms with van der Waals surface area (Å²) >= 11 is 0. The van der Waals surface area contributed by atoms with E-state index in [1.54, 1.807) is 20.8 Å². The van der Waals surface area contributed by atoms with E-state index in [-0.39, 0.29) is 11.1 Å². The number of rotatable bonds is 3. The van der Waals surface area contributed by atoms with Crippen LogP contribution in [0.4, 0.5) is 18.0 Å². The third kappa shape index (κ3) is 4.53. The highest BCUT2D eigenvalue weighted by Crippen LogP contribution is 2.50. The molecule has 3 amide bonds. The fourth-order valence-corrected chi connectivity index (χ4v) is 4.81. The van der Waals surface area contributed by atoms with Crippen LogP contribution in [0, 0.1) is 5.92 Å². The molecule has 3 unspecified atom stereocenters. The second-order valence-corrected chi connectivity index (χ2v) is 10.0. The molecule has 1 aliphatic carbocycles. The average molecular weight is 492 g/mol. The zero-order valence-electron chi connectivity index (χ0n) is 20.1. The van der Waals surface area contributed by atoms with Crippen molar-refractivity contribution < 1.29 is 37.0 Å². The van der Waals surface area contributed by atoms with E-state index in [1.165, 1.54) is 13.8 Å². The van der Waals surface area contributed by atoms with Gasteiger partial charge < -0.3 is 9.47 Å². The van der Waals surface area contributed by atoms with Crippen LogP contribution in [0.3, 0.4) is 0 Å². The molecule has 0 saturated carbocycles. The molecule has 1 fully saturated rings. The van der Waals surface area contributed by atoms with Crippen LogP contribution in [-0.4, -0.2) is 52.3 Å². The van der Waals surface area contributed by atoms with E-state index in [2.05, 4.69) is 0 Å². The first-order chi connectivity index (χ1) is 16.2. The van der Waals surface area contributed by atoms with Crippen molar-refractivity contribution in [2.24, 2.45) is 5.92 Å². The van der Waals surface area contributed by atoms with Crippen LogP contribution in [0.2, 0.25) is 0 Å². The molecule has 0 radical (unpaired) electrons. The van der Waals surface area contributed by atoms with Gasteiger partial charge in [-0.25, -0.2) is 9.69 Å². The lowest BCUT2D eigenvalue weighted by Gasteiger charge is -2.27. The van der Waals surface area contributed by atoms with E-state index >= 15 is 0 Å². The number of likely N-dealkylation sites (tertiary alicyclic amines) is 1. The van der Waals surface area contributed by atoms with Crippen LogP contribution in [0.1, 0.15) is 51.8 Å². The van der Waals surface area contributed by atoms with Crippen LogP contribution in [-0.2, 0) is 25.5 Å². The lowest BCUT2D eigenvalue weighted by Crippen LogP contribution is -2.43. The van der Waals surface area contributed by atoms with Crippen LogP contribution >= 0.6 is 0 Å². The Balaban J connectivity index is 1.68. The van der Waals surface area contributed by atoms with Gasteiger partial charge in [0.25, 0.3) is 11.8 Å². The Morgan fingerprint density at radius 3 is 2.40 bits per heavy atom. The number of benzene rings is 1. The largest absolute Gasteiger partial charge is 0.474 e. The first-order valence-electron chi connectivity index (χ1n) is 11.2. The molecule has 0 bridgehead atoms. The van der Waals surface area contributed by atoms with Crippen molar-refractivity contribution in [1.29, 1.82) is 0 Å². The number of carbonyl (C=O) groups excluding carboxylic acids is 3. The Labute approximate surface area is 201 Å². The summed E-state index contributed by atoms with van der Waals surface area (Å²) in [6.45, 7) is 6.54. The van der Waals surface area contributed by atoms with Crippen molar-refractivity contribution in [3.8, 4) is 0 Å². The molecule has 1 saturated heterocycles. The number of nitrogens with zero attached hydrogens (tertiary/aromatic N) is 2. The maximum absolute atomic E-state index is 13.4. The molecule has 4 rings (SSSR count). The highest BCUT2D eigenvalue weighted by atomic mass is 19.4. The molecular formula is C25H27F3N2O5. The van der Waals surface area contributed by atoms with E-state index in [0.717, 1.165) is 22.3 Å². The van der Waals surface area contributed by atoms with Gasteiger partial charge in [0.05, 0.1) is 17.9 Å². The Morgan fingerprint density at radius 1 is 1.11 bits per heavy atom. The number of halogens is 3.